The van der Waals surface area contributed by atoms with Gasteiger partial charge in [0.15, 0.2) is 9.84 Å². The van der Waals surface area contributed by atoms with Crippen molar-refractivity contribution < 1.29 is 13.2 Å². The summed E-state index contributed by atoms with van der Waals surface area (Å²) in [5, 5.41) is 2.60. The summed E-state index contributed by atoms with van der Waals surface area (Å²) < 4.78 is 23.8. The SMILES string of the molecule is C[C@H](C(=O)Nc1ccc2nc(C(C)(C)C)sc2c1)S(C)(=O)=O. The molecular weight excluding hydrogens is 320 g/mol. The smallest absolute Gasteiger partial charge is 0.242 e. The van der Waals surface area contributed by atoms with Crippen LogP contribution in [0.3, 0.4) is 0 Å². The van der Waals surface area contributed by atoms with E-state index in [1.54, 1.807) is 17.4 Å². The summed E-state index contributed by atoms with van der Waals surface area (Å²) in [5.41, 5.74) is 1.43. The molecule has 0 bridgehead atoms. The van der Waals surface area contributed by atoms with Crippen molar-refractivity contribution >= 4 is 43.0 Å². The van der Waals surface area contributed by atoms with E-state index in [1.807, 2.05) is 12.1 Å². The van der Waals surface area contributed by atoms with Crippen LogP contribution in [0.25, 0.3) is 10.2 Å². The Morgan fingerprint density at radius 1 is 1.32 bits per heavy atom. The minimum atomic E-state index is -3.40. The molecule has 1 amide bonds. The zero-order valence-electron chi connectivity index (χ0n) is 13.3. The van der Waals surface area contributed by atoms with Gasteiger partial charge in [-0.3, -0.25) is 4.79 Å². The zero-order chi connectivity index (χ0) is 16.7. The van der Waals surface area contributed by atoms with Crippen molar-refractivity contribution in [3.8, 4) is 0 Å². The van der Waals surface area contributed by atoms with E-state index < -0.39 is 21.0 Å². The largest absolute Gasteiger partial charge is 0.325 e. The summed E-state index contributed by atoms with van der Waals surface area (Å²) >= 11 is 1.58. The predicted octanol–water partition coefficient (Wildman–Crippen LogP) is 2.97. The first-order valence-electron chi connectivity index (χ1n) is 6.89. The third-order valence-electron chi connectivity index (χ3n) is 3.31. The topological polar surface area (TPSA) is 76.1 Å². The van der Waals surface area contributed by atoms with Gasteiger partial charge in [0, 0.05) is 17.4 Å². The Balaban J connectivity index is 2.29. The monoisotopic (exact) mass is 340 g/mol. The van der Waals surface area contributed by atoms with E-state index >= 15 is 0 Å². The molecule has 0 aliphatic carbocycles. The second-order valence-electron chi connectivity index (χ2n) is 6.41. The van der Waals surface area contributed by atoms with Gasteiger partial charge in [-0.1, -0.05) is 20.8 Å². The van der Waals surface area contributed by atoms with Crippen LogP contribution in [0.1, 0.15) is 32.7 Å². The van der Waals surface area contributed by atoms with Gasteiger partial charge < -0.3 is 5.32 Å². The Kier molecular flexibility index (Phi) is 4.32. The number of thiazole rings is 1. The fourth-order valence-electron chi connectivity index (χ4n) is 1.76. The second-order valence-corrected chi connectivity index (χ2v) is 9.81. The van der Waals surface area contributed by atoms with E-state index in [9.17, 15) is 13.2 Å². The molecule has 0 aliphatic rings. The third-order valence-corrected chi connectivity index (χ3v) is 6.25. The first kappa shape index (κ1) is 16.9. The average molecular weight is 340 g/mol. The number of amides is 1. The predicted molar refractivity (Wildman–Crippen MR) is 91.3 cm³/mol. The molecule has 120 valence electrons. The lowest BCUT2D eigenvalue weighted by Gasteiger charge is -2.13. The Morgan fingerprint density at radius 2 is 1.95 bits per heavy atom. The number of anilines is 1. The van der Waals surface area contributed by atoms with Gasteiger partial charge in [0.25, 0.3) is 0 Å². The van der Waals surface area contributed by atoms with Crippen LogP contribution in [0.4, 0.5) is 5.69 Å². The summed E-state index contributed by atoms with van der Waals surface area (Å²) in [7, 11) is -3.40. The highest BCUT2D eigenvalue weighted by molar-refractivity contribution is 7.92. The van der Waals surface area contributed by atoms with E-state index in [4.69, 9.17) is 0 Å². The molecule has 0 radical (unpaired) electrons. The van der Waals surface area contributed by atoms with Crippen molar-refractivity contribution in [3.05, 3.63) is 23.2 Å². The van der Waals surface area contributed by atoms with E-state index in [-0.39, 0.29) is 5.41 Å². The number of carbonyl (C=O) groups excluding carboxylic acids is 1. The highest BCUT2D eigenvalue weighted by Gasteiger charge is 2.24. The van der Waals surface area contributed by atoms with Crippen LogP contribution >= 0.6 is 11.3 Å². The molecule has 2 aromatic rings. The first-order chi connectivity index (χ1) is 9.98. The Hall–Kier alpha value is -1.47. The second kappa shape index (κ2) is 5.62. The zero-order valence-corrected chi connectivity index (χ0v) is 14.9. The lowest BCUT2D eigenvalue weighted by Crippen LogP contribution is -2.31. The van der Waals surface area contributed by atoms with Crippen molar-refractivity contribution in [1.82, 2.24) is 4.98 Å². The molecule has 0 spiro atoms. The van der Waals surface area contributed by atoms with Crippen molar-refractivity contribution in [1.29, 1.82) is 0 Å². The van der Waals surface area contributed by atoms with Crippen LogP contribution in [0.2, 0.25) is 0 Å². The highest BCUT2D eigenvalue weighted by Crippen LogP contribution is 2.32. The maximum absolute atomic E-state index is 12.0. The fraction of sp³-hybridized carbons (Fsp3) is 0.467. The number of hydrogen-bond donors (Lipinski definition) is 1. The quantitative estimate of drug-likeness (QED) is 0.932. The molecule has 1 aromatic carbocycles. The van der Waals surface area contributed by atoms with Crippen LogP contribution in [0.15, 0.2) is 18.2 Å². The molecular formula is C15H20N2O3S2. The minimum Gasteiger partial charge on any atom is -0.325 e. The number of aromatic nitrogens is 1. The molecule has 1 N–H and O–H groups in total. The molecule has 7 heteroatoms. The minimum absolute atomic E-state index is 0.0299. The van der Waals surface area contributed by atoms with Gasteiger partial charge in [0.05, 0.1) is 15.2 Å². The number of benzene rings is 1. The maximum Gasteiger partial charge on any atom is 0.242 e. The van der Waals surface area contributed by atoms with E-state index in [1.165, 1.54) is 6.92 Å². The lowest BCUT2D eigenvalue weighted by molar-refractivity contribution is -0.115. The number of hydrogen-bond acceptors (Lipinski definition) is 5. The lowest BCUT2D eigenvalue weighted by atomic mass is 9.98. The molecule has 2 rings (SSSR count). The van der Waals surface area contributed by atoms with Crippen LogP contribution < -0.4 is 5.32 Å². The number of carbonyl (C=O) groups is 1. The van der Waals surface area contributed by atoms with Crippen molar-refractivity contribution in [2.75, 3.05) is 11.6 Å². The van der Waals surface area contributed by atoms with Crippen LogP contribution in [0.5, 0.6) is 0 Å². The number of sulfone groups is 1. The molecule has 0 unspecified atom stereocenters. The van der Waals surface area contributed by atoms with Crippen LogP contribution in [0, 0.1) is 0 Å². The summed E-state index contributed by atoms with van der Waals surface area (Å²) in [6, 6.07) is 5.40. The van der Waals surface area contributed by atoms with Gasteiger partial charge >= 0.3 is 0 Å². The Bertz CT molecular complexity index is 817. The molecule has 1 atom stereocenters. The third kappa shape index (κ3) is 3.64. The molecule has 22 heavy (non-hydrogen) atoms. The highest BCUT2D eigenvalue weighted by atomic mass is 32.2. The van der Waals surface area contributed by atoms with Crippen LogP contribution in [-0.2, 0) is 20.0 Å². The van der Waals surface area contributed by atoms with Gasteiger partial charge in [-0.05, 0) is 25.1 Å². The maximum atomic E-state index is 12.0. The van der Waals surface area contributed by atoms with Crippen LogP contribution in [-0.4, -0.2) is 30.8 Å². The standard InChI is InChI=1S/C15H20N2O3S2/c1-9(22(5,19)20)13(18)16-10-6-7-11-12(8-10)21-14(17-11)15(2,3)4/h6-9H,1-5H3,(H,16,18)/t9-/m1/s1. The molecule has 0 saturated carbocycles. The van der Waals surface area contributed by atoms with E-state index in [2.05, 4.69) is 31.1 Å². The first-order valence-corrected chi connectivity index (χ1v) is 9.66. The Morgan fingerprint density at radius 3 is 2.50 bits per heavy atom. The molecule has 0 fully saturated rings. The van der Waals surface area contributed by atoms with Crippen molar-refractivity contribution in [3.63, 3.8) is 0 Å². The van der Waals surface area contributed by atoms with Gasteiger partial charge in [-0.25, -0.2) is 13.4 Å². The van der Waals surface area contributed by atoms with Gasteiger partial charge in [0.1, 0.15) is 5.25 Å². The number of nitrogens with one attached hydrogen (secondary N) is 1. The van der Waals surface area contributed by atoms with Crippen molar-refractivity contribution in [2.45, 2.75) is 38.4 Å². The van der Waals surface area contributed by atoms with Gasteiger partial charge in [-0.15, -0.1) is 11.3 Å². The molecule has 1 aromatic heterocycles. The number of rotatable bonds is 3. The summed E-state index contributed by atoms with van der Waals surface area (Å²) in [4.78, 5) is 16.5. The summed E-state index contributed by atoms with van der Waals surface area (Å²) in [6.07, 6.45) is 1.05. The van der Waals surface area contributed by atoms with Gasteiger partial charge in [0.2, 0.25) is 5.91 Å². The summed E-state index contributed by atoms with van der Waals surface area (Å²) in [6.45, 7) is 7.68. The van der Waals surface area contributed by atoms with E-state index in [0.29, 0.717) is 5.69 Å². The number of nitrogens with zero attached hydrogens (tertiary/aromatic N) is 1. The Labute approximate surface area is 134 Å². The molecule has 0 saturated heterocycles. The molecule has 5 nitrogen and oxygen atoms in total. The molecule has 0 aliphatic heterocycles. The summed E-state index contributed by atoms with van der Waals surface area (Å²) in [5.74, 6) is -0.526. The average Bonchev–Trinajstić information content (AvgIpc) is 2.79. The molecule has 1 heterocycles. The number of fused-ring (bicyclic) bond motifs is 1. The fourth-order valence-corrected chi connectivity index (χ4v) is 3.27. The van der Waals surface area contributed by atoms with Gasteiger partial charge in [-0.2, -0.15) is 0 Å². The normalized spacial score (nSPS) is 14.0. The van der Waals surface area contributed by atoms with Crippen molar-refractivity contribution in [2.24, 2.45) is 0 Å². The van der Waals surface area contributed by atoms with E-state index in [0.717, 1.165) is 21.5 Å².